The van der Waals surface area contributed by atoms with Crippen molar-refractivity contribution >= 4 is 11.4 Å². The number of hydrogen-bond donors (Lipinski definition) is 0. The van der Waals surface area contributed by atoms with E-state index in [1.807, 2.05) is 20.0 Å². The third-order valence-corrected chi connectivity index (χ3v) is 3.65. The lowest BCUT2D eigenvalue weighted by molar-refractivity contribution is -0.114. The molecule has 0 saturated heterocycles. The minimum Gasteiger partial charge on any atom is -0.295 e. The molecule has 5 heteroatoms. The molecule has 20 heavy (non-hydrogen) atoms. The normalized spacial score (nSPS) is 15.2. The first-order valence-corrected chi connectivity index (χ1v) is 6.45. The number of allylic oxidation sites excluding steroid dienone is 2. The van der Waals surface area contributed by atoms with Crippen molar-refractivity contribution in [2.45, 2.75) is 19.8 Å². The van der Waals surface area contributed by atoms with E-state index in [-0.39, 0.29) is 11.6 Å². The lowest BCUT2D eigenvalue weighted by Gasteiger charge is -1.99. The number of rotatable bonds is 2. The molecule has 0 N–H and O–H groups in total. The first-order valence-electron chi connectivity index (χ1n) is 6.45. The summed E-state index contributed by atoms with van der Waals surface area (Å²) in [5.41, 5.74) is 4.06. The zero-order valence-electron chi connectivity index (χ0n) is 11.4. The van der Waals surface area contributed by atoms with Gasteiger partial charge in [-0.25, -0.2) is 4.39 Å². The molecule has 0 bridgehead atoms. The van der Waals surface area contributed by atoms with Crippen molar-refractivity contribution < 1.29 is 9.18 Å². The summed E-state index contributed by atoms with van der Waals surface area (Å²) in [6.45, 7) is 1.84. The minimum atomic E-state index is -0.365. The van der Waals surface area contributed by atoms with E-state index in [0.29, 0.717) is 12.1 Å². The summed E-state index contributed by atoms with van der Waals surface area (Å²) in [7, 11) is 1.82. The van der Waals surface area contributed by atoms with Gasteiger partial charge in [-0.3, -0.25) is 14.5 Å². The Labute approximate surface area is 116 Å². The second kappa shape index (κ2) is 4.67. The Morgan fingerprint density at radius 1 is 1.25 bits per heavy atom. The average Bonchev–Trinajstić information content (AvgIpc) is 2.95. The van der Waals surface area contributed by atoms with Crippen molar-refractivity contribution in [3.63, 3.8) is 0 Å². The van der Waals surface area contributed by atoms with Crippen LogP contribution in [0.15, 0.2) is 30.0 Å². The molecule has 0 amide bonds. The van der Waals surface area contributed by atoms with Crippen molar-refractivity contribution in [2.75, 3.05) is 0 Å². The first-order chi connectivity index (χ1) is 9.56. The van der Waals surface area contributed by atoms with E-state index in [1.54, 1.807) is 10.7 Å². The van der Waals surface area contributed by atoms with Gasteiger partial charge < -0.3 is 0 Å². The maximum atomic E-state index is 12.9. The van der Waals surface area contributed by atoms with Crippen molar-refractivity contribution in [3.8, 4) is 11.4 Å². The van der Waals surface area contributed by atoms with Gasteiger partial charge in [0.1, 0.15) is 5.82 Å². The minimum absolute atomic E-state index is 0.187. The number of nitrogens with zero attached hydrogens (tertiary/aromatic N) is 3. The number of pyridine rings is 1. The van der Waals surface area contributed by atoms with Crippen molar-refractivity contribution in [3.05, 3.63) is 41.5 Å². The monoisotopic (exact) mass is 271 g/mol. The Morgan fingerprint density at radius 2 is 2.05 bits per heavy atom. The summed E-state index contributed by atoms with van der Waals surface area (Å²) >= 11 is 0. The molecule has 0 fully saturated rings. The van der Waals surface area contributed by atoms with Gasteiger partial charge in [-0.1, -0.05) is 0 Å². The fourth-order valence-electron chi connectivity index (χ4n) is 2.48. The predicted molar refractivity (Wildman–Crippen MR) is 73.2 cm³/mol. The SMILES string of the molecule is CC1=C(c2cc(-c3ccc(F)cn3)n(C)n2)CCC1=O. The number of ketones is 1. The summed E-state index contributed by atoms with van der Waals surface area (Å²) in [4.78, 5) is 15.7. The number of aryl methyl sites for hydroxylation is 1. The van der Waals surface area contributed by atoms with E-state index in [9.17, 15) is 9.18 Å². The van der Waals surface area contributed by atoms with Crippen LogP contribution in [0.3, 0.4) is 0 Å². The van der Waals surface area contributed by atoms with Gasteiger partial charge >= 0.3 is 0 Å². The Kier molecular flexibility index (Phi) is 2.97. The van der Waals surface area contributed by atoms with E-state index in [4.69, 9.17) is 0 Å². The summed E-state index contributed by atoms with van der Waals surface area (Å²) in [6.07, 6.45) is 2.48. The maximum Gasteiger partial charge on any atom is 0.159 e. The molecule has 0 spiro atoms. The molecule has 0 atom stereocenters. The molecule has 0 unspecified atom stereocenters. The van der Waals surface area contributed by atoms with Crippen LogP contribution in [-0.4, -0.2) is 20.5 Å². The van der Waals surface area contributed by atoms with Gasteiger partial charge in [-0.15, -0.1) is 0 Å². The van der Waals surface area contributed by atoms with Crippen LogP contribution in [0, 0.1) is 5.82 Å². The summed E-state index contributed by atoms with van der Waals surface area (Å²) in [5, 5.41) is 4.45. The van der Waals surface area contributed by atoms with E-state index in [1.165, 1.54) is 12.3 Å². The molecular formula is C15H14FN3O. The lowest BCUT2D eigenvalue weighted by Crippen LogP contribution is -1.96. The largest absolute Gasteiger partial charge is 0.295 e. The highest BCUT2D eigenvalue weighted by atomic mass is 19.1. The Morgan fingerprint density at radius 3 is 2.65 bits per heavy atom. The van der Waals surface area contributed by atoms with Gasteiger partial charge in [0.15, 0.2) is 5.78 Å². The Bertz CT molecular complexity index is 713. The molecule has 102 valence electrons. The van der Waals surface area contributed by atoms with Gasteiger partial charge in [0.05, 0.1) is 23.3 Å². The number of hydrogen-bond acceptors (Lipinski definition) is 3. The smallest absolute Gasteiger partial charge is 0.159 e. The molecule has 0 aromatic carbocycles. The highest BCUT2D eigenvalue weighted by molar-refractivity contribution is 6.06. The number of Topliss-reactive ketones (excluding diaryl/α,β-unsaturated/α-hetero) is 1. The van der Waals surface area contributed by atoms with E-state index in [0.717, 1.165) is 29.0 Å². The first kappa shape index (κ1) is 12.7. The molecule has 2 heterocycles. The van der Waals surface area contributed by atoms with Gasteiger partial charge in [0, 0.05) is 13.5 Å². The summed E-state index contributed by atoms with van der Waals surface area (Å²) in [5.74, 6) is -0.178. The van der Waals surface area contributed by atoms with E-state index in [2.05, 4.69) is 10.1 Å². The molecule has 0 radical (unpaired) electrons. The van der Waals surface area contributed by atoms with E-state index < -0.39 is 0 Å². The summed E-state index contributed by atoms with van der Waals surface area (Å²) in [6, 6.07) is 4.90. The standard InChI is InChI=1S/C15H14FN3O/c1-9-11(4-6-15(9)20)13-7-14(19(2)18-13)12-5-3-10(16)8-17-12/h3,5,7-8H,4,6H2,1-2H3. The van der Waals surface area contributed by atoms with Crippen LogP contribution in [0.2, 0.25) is 0 Å². The third kappa shape index (κ3) is 2.05. The molecule has 4 nitrogen and oxygen atoms in total. The lowest BCUT2D eigenvalue weighted by atomic mass is 10.1. The van der Waals surface area contributed by atoms with Gasteiger partial charge in [-0.05, 0) is 42.7 Å². The molecule has 1 aliphatic rings. The van der Waals surface area contributed by atoms with Crippen molar-refractivity contribution in [1.29, 1.82) is 0 Å². The zero-order valence-corrected chi connectivity index (χ0v) is 11.4. The highest BCUT2D eigenvalue weighted by Crippen LogP contribution is 2.32. The average molecular weight is 271 g/mol. The van der Waals surface area contributed by atoms with E-state index >= 15 is 0 Å². The van der Waals surface area contributed by atoms with Gasteiger partial charge in [-0.2, -0.15) is 5.10 Å². The fraction of sp³-hybridized carbons (Fsp3) is 0.267. The molecule has 0 saturated carbocycles. The summed E-state index contributed by atoms with van der Waals surface area (Å²) < 4.78 is 14.6. The molecule has 2 aromatic rings. The zero-order chi connectivity index (χ0) is 14.3. The number of aromatic nitrogens is 3. The highest BCUT2D eigenvalue weighted by Gasteiger charge is 2.23. The van der Waals surface area contributed by atoms with Crippen molar-refractivity contribution in [2.24, 2.45) is 7.05 Å². The third-order valence-electron chi connectivity index (χ3n) is 3.65. The topological polar surface area (TPSA) is 47.8 Å². The second-order valence-electron chi connectivity index (χ2n) is 4.93. The van der Waals surface area contributed by atoms with Crippen LogP contribution >= 0.6 is 0 Å². The number of carbonyl (C=O) groups excluding carboxylic acids is 1. The van der Waals surface area contributed by atoms with Crippen LogP contribution in [-0.2, 0) is 11.8 Å². The number of carbonyl (C=O) groups is 1. The van der Waals surface area contributed by atoms with Crippen LogP contribution in [0.4, 0.5) is 4.39 Å². The molecule has 3 rings (SSSR count). The molecular weight excluding hydrogens is 257 g/mol. The van der Waals surface area contributed by atoms with Crippen molar-refractivity contribution in [1.82, 2.24) is 14.8 Å². The molecule has 1 aliphatic carbocycles. The van der Waals surface area contributed by atoms with Crippen LogP contribution < -0.4 is 0 Å². The Hall–Kier alpha value is -2.30. The van der Waals surface area contributed by atoms with Crippen LogP contribution in [0.5, 0.6) is 0 Å². The van der Waals surface area contributed by atoms with Crippen LogP contribution in [0.1, 0.15) is 25.5 Å². The predicted octanol–water partition coefficient (Wildman–Crippen LogP) is 2.76. The van der Waals surface area contributed by atoms with Crippen LogP contribution in [0.25, 0.3) is 17.0 Å². The maximum absolute atomic E-state index is 12.9. The molecule has 2 aromatic heterocycles. The number of halogens is 1. The van der Waals surface area contributed by atoms with Gasteiger partial charge in [0.2, 0.25) is 0 Å². The Balaban J connectivity index is 2.04. The quantitative estimate of drug-likeness (QED) is 0.843. The molecule has 0 aliphatic heterocycles. The fourth-order valence-corrected chi connectivity index (χ4v) is 2.48. The van der Waals surface area contributed by atoms with Gasteiger partial charge in [0.25, 0.3) is 0 Å². The second-order valence-corrected chi connectivity index (χ2v) is 4.93.